The summed E-state index contributed by atoms with van der Waals surface area (Å²) >= 11 is 1.52. The van der Waals surface area contributed by atoms with Crippen molar-refractivity contribution in [2.24, 2.45) is 0 Å². The molecule has 33 heavy (non-hydrogen) atoms. The van der Waals surface area contributed by atoms with Crippen LogP contribution in [0, 0.1) is 6.92 Å². The maximum Gasteiger partial charge on any atom is 0.252 e. The molecule has 1 aliphatic heterocycles. The highest BCUT2D eigenvalue weighted by Crippen LogP contribution is 2.37. The van der Waals surface area contributed by atoms with Crippen LogP contribution in [0.5, 0.6) is 17.2 Å². The first-order chi connectivity index (χ1) is 15.5. The molecule has 0 atom stereocenters. The van der Waals surface area contributed by atoms with Crippen LogP contribution in [-0.4, -0.2) is 56.9 Å². The third kappa shape index (κ3) is 5.58. The summed E-state index contributed by atoms with van der Waals surface area (Å²) in [5, 5.41) is 0.673. The van der Waals surface area contributed by atoms with Gasteiger partial charge in [0.15, 0.2) is 16.6 Å². The van der Waals surface area contributed by atoms with E-state index in [0.29, 0.717) is 23.2 Å². The van der Waals surface area contributed by atoms with E-state index in [1.54, 1.807) is 24.2 Å². The largest absolute Gasteiger partial charge is 0.494 e. The Balaban J connectivity index is 0.00000306. The molecule has 0 spiro atoms. The Morgan fingerprint density at radius 3 is 2.73 bits per heavy atom. The molecular formula is C24H28ClN3O4S. The van der Waals surface area contributed by atoms with E-state index in [9.17, 15) is 4.79 Å². The molecule has 0 bridgehead atoms. The number of rotatable bonds is 8. The highest BCUT2D eigenvalue weighted by atomic mass is 35.5. The number of carbonyl (C=O) groups excluding carboxylic acids is 1. The number of aromatic nitrogens is 1. The van der Waals surface area contributed by atoms with Crippen LogP contribution in [0.3, 0.4) is 0 Å². The molecule has 0 aliphatic carbocycles. The van der Waals surface area contributed by atoms with Gasteiger partial charge in [-0.05, 0) is 69.4 Å². The van der Waals surface area contributed by atoms with Crippen molar-refractivity contribution in [2.45, 2.75) is 13.3 Å². The van der Waals surface area contributed by atoms with Crippen molar-refractivity contribution < 1.29 is 19.0 Å². The second-order valence-electron chi connectivity index (χ2n) is 7.85. The number of halogens is 1. The fourth-order valence-electron chi connectivity index (χ4n) is 3.50. The number of hydrogen-bond acceptors (Lipinski definition) is 7. The van der Waals surface area contributed by atoms with E-state index in [0.717, 1.165) is 40.1 Å². The van der Waals surface area contributed by atoms with Crippen LogP contribution < -0.4 is 19.1 Å². The predicted molar refractivity (Wildman–Crippen MR) is 135 cm³/mol. The molecule has 1 aromatic heterocycles. The van der Waals surface area contributed by atoms with Crippen LogP contribution in [0.4, 0.5) is 5.13 Å². The summed E-state index contributed by atoms with van der Waals surface area (Å²) in [6.07, 6.45) is 4.22. The molecule has 0 saturated heterocycles. The molecule has 0 N–H and O–H groups in total. The van der Waals surface area contributed by atoms with Crippen molar-refractivity contribution in [3.63, 3.8) is 0 Å². The van der Waals surface area contributed by atoms with E-state index in [-0.39, 0.29) is 25.1 Å². The Kier molecular flexibility index (Phi) is 8.18. The third-order valence-corrected chi connectivity index (χ3v) is 6.42. The van der Waals surface area contributed by atoms with Gasteiger partial charge in [0.2, 0.25) is 6.79 Å². The number of fused-ring (bicyclic) bond motifs is 2. The van der Waals surface area contributed by atoms with Crippen molar-refractivity contribution in [1.29, 1.82) is 0 Å². The second kappa shape index (κ2) is 10.9. The van der Waals surface area contributed by atoms with Gasteiger partial charge in [0.1, 0.15) is 11.3 Å². The van der Waals surface area contributed by atoms with Gasteiger partial charge in [0.25, 0.3) is 5.91 Å². The van der Waals surface area contributed by atoms with Gasteiger partial charge in [-0.1, -0.05) is 23.5 Å². The zero-order valence-electron chi connectivity index (χ0n) is 19.2. The monoisotopic (exact) mass is 489 g/mol. The summed E-state index contributed by atoms with van der Waals surface area (Å²) in [4.78, 5) is 21.9. The number of nitrogens with zero attached hydrogens (tertiary/aromatic N) is 3. The molecule has 0 unspecified atom stereocenters. The van der Waals surface area contributed by atoms with Crippen LogP contribution in [0.1, 0.15) is 17.5 Å². The number of ether oxygens (including phenoxy) is 3. The lowest BCUT2D eigenvalue weighted by atomic mass is 10.2. The minimum atomic E-state index is -0.114. The van der Waals surface area contributed by atoms with Crippen molar-refractivity contribution in [3.05, 3.63) is 47.5 Å². The van der Waals surface area contributed by atoms with Gasteiger partial charge in [-0.15, -0.1) is 12.4 Å². The number of methoxy groups -OCH3 is 1. The third-order valence-electron chi connectivity index (χ3n) is 5.21. The lowest BCUT2D eigenvalue weighted by molar-refractivity contribution is -0.114. The number of benzene rings is 2. The highest BCUT2D eigenvalue weighted by Gasteiger charge is 2.20. The van der Waals surface area contributed by atoms with Gasteiger partial charge in [0.05, 0.1) is 11.8 Å². The number of hydrogen-bond donors (Lipinski definition) is 0. The fourth-order valence-corrected chi connectivity index (χ4v) is 4.58. The molecule has 1 amide bonds. The molecule has 1 aliphatic rings. The minimum absolute atomic E-state index is 0. The van der Waals surface area contributed by atoms with E-state index in [1.165, 1.54) is 11.3 Å². The summed E-state index contributed by atoms with van der Waals surface area (Å²) in [5.74, 6) is 2.01. The predicted octanol–water partition coefficient (Wildman–Crippen LogP) is 4.76. The summed E-state index contributed by atoms with van der Waals surface area (Å²) < 4.78 is 17.3. The molecule has 0 fully saturated rings. The molecule has 176 valence electrons. The first kappa shape index (κ1) is 24.8. The maximum atomic E-state index is 13.2. The van der Waals surface area contributed by atoms with E-state index >= 15 is 0 Å². The Hall–Kier alpha value is -2.81. The smallest absolute Gasteiger partial charge is 0.252 e. The van der Waals surface area contributed by atoms with E-state index in [4.69, 9.17) is 19.2 Å². The Bertz CT molecular complexity index is 1160. The quantitative estimate of drug-likeness (QED) is 0.425. The molecule has 9 heteroatoms. The molecule has 2 heterocycles. The van der Waals surface area contributed by atoms with E-state index in [1.807, 2.05) is 51.4 Å². The number of aryl methyl sites for hydroxylation is 1. The van der Waals surface area contributed by atoms with Crippen LogP contribution >= 0.6 is 23.7 Å². The molecule has 0 saturated carbocycles. The topological polar surface area (TPSA) is 64.1 Å². The summed E-state index contributed by atoms with van der Waals surface area (Å²) in [7, 11) is 5.69. The number of thiazole rings is 1. The van der Waals surface area contributed by atoms with Gasteiger partial charge in [-0.3, -0.25) is 9.69 Å². The van der Waals surface area contributed by atoms with Gasteiger partial charge >= 0.3 is 0 Å². The average Bonchev–Trinajstić information content (AvgIpc) is 3.42. The summed E-state index contributed by atoms with van der Waals surface area (Å²) in [5.41, 5.74) is 2.77. The van der Waals surface area contributed by atoms with Gasteiger partial charge in [0, 0.05) is 12.6 Å². The Labute approximate surface area is 204 Å². The number of carbonyl (C=O) groups is 1. The maximum absolute atomic E-state index is 13.2. The van der Waals surface area contributed by atoms with Crippen LogP contribution in [0.15, 0.2) is 36.4 Å². The highest BCUT2D eigenvalue weighted by molar-refractivity contribution is 7.22. The Morgan fingerprint density at radius 2 is 1.97 bits per heavy atom. The second-order valence-corrected chi connectivity index (χ2v) is 8.83. The molecule has 2 aromatic carbocycles. The van der Waals surface area contributed by atoms with Crippen molar-refractivity contribution in [3.8, 4) is 17.2 Å². The first-order valence-electron chi connectivity index (χ1n) is 10.4. The first-order valence-corrected chi connectivity index (χ1v) is 11.3. The SMILES string of the molecule is COc1ccc(C)c2sc(N(CCCN(C)C)C(=O)C=Cc3ccc4c(c3)OCO4)nc12.Cl. The van der Waals surface area contributed by atoms with Crippen LogP contribution in [-0.2, 0) is 4.79 Å². The Morgan fingerprint density at radius 1 is 1.18 bits per heavy atom. The summed E-state index contributed by atoms with van der Waals surface area (Å²) in [6.45, 7) is 3.72. The fraction of sp³-hybridized carbons (Fsp3) is 0.333. The average molecular weight is 490 g/mol. The number of anilines is 1. The molecule has 7 nitrogen and oxygen atoms in total. The molecule has 0 radical (unpaired) electrons. The van der Waals surface area contributed by atoms with E-state index < -0.39 is 0 Å². The zero-order chi connectivity index (χ0) is 22.7. The lowest BCUT2D eigenvalue weighted by Crippen LogP contribution is -2.32. The molecule has 4 rings (SSSR count). The standard InChI is InChI=1S/C24H27N3O4S.ClH/c1-16-6-9-19(29-4)22-23(16)32-24(25-22)27(13-5-12-26(2)3)21(28)11-8-17-7-10-18-20(14-17)31-15-30-18;/h6-11,14H,5,12-13,15H2,1-4H3;1H. The normalized spacial score (nSPS) is 12.4. The number of amides is 1. The van der Waals surface area contributed by atoms with Gasteiger partial charge in [-0.25, -0.2) is 4.98 Å². The van der Waals surface area contributed by atoms with Crippen molar-refractivity contribution >= 4 is 51.1 Å². The zero-order valence-corrected chi connectivity index (χ0v) is 20.8. The van der Waals surface area contributed by atoms with E-state index in [2.05, 4.69) is 4.90 Å². The van der Waals surface area contributed by atoms with Gasteiger partial charge < -0.3 is 19.1 Å². The lowest BCUT2D eigenvalue weighted by Gasteiger charge is -2.19. The van der Waals surface area contributed by atoms with Gasteiger partial charge in [-0.2, -0.15) is 0 Å². The summed E-state index contributed by atoms with van der Waals surface area (Å²) in [6, 6.07) is 9.55. The van der Waals surface area contributed by atoms with Crippen molar-refractivity contribution in [1.82, 2.24) is 9.88 Å². The molecular weight excluding hydrogens is 462 g/mol. The van der Waals surface area contributed by atoms with Crippen LogP contribution in [0.2, 0.25) is 0 Å². The minimum Gasteiger partial charge on any atom is -0.494 e. The molecule has 3 aromatic rings. The van der Waals surface area contributed by atoms with Crippen LogP contribution in [0.25, 0.3) is 16.3 Å². The van der Waals surface area contributed by atoms with Crippen molar-refractivity contribution in [2.75, 3.05) is 46.0 Å².